The molecule has 0 aliphatic carbocycles. The van der Waals surface area contributed by atoms with Crippen molar-refractivity contribution in [3.05, 3.63) is 41.7 Å². The molecule has 148 valence electrons. The topological polar surface area (TPSA) is 108 Å². The smallest absolute Gasteiger partial charge is 0.412 e. The van der Waals surface area contributed by atoms with Gasteiger partial charge in [-0.25, -0.2) is 19.6 Å². The summed E-state index contributed by atoms with van der Waals surface area (Å²) < 4.78 is 5.24. The molecule has 0 unspecified atom stereocenters. The van der Waals surface area contributed by atoms with Crippen LogP contribution in [0.3, 0.4) is 0 Å². The van der Waals surface area contributed by atoms with Gasteiger partial charge in [0.25, 0.3) is 0 Å². The maximum absolute atomic E-state index is 11.8. The van der Waals surface area contributed by atoms with Crippen molar-refractivity contribution in [1.82, 2.24) is 14.9 Å². The Hall–Kier alpha value is -3.36. The minimum absolute atomic E-state index is 0.190. The van der Waals surface area contributed by atoms with Gasteiger partial charge < -0.3 is 15.0 Å². The lowest BCUT2D eigenvalue weighted by Crippen LogP contribution is -2.36. The van der Waals surface area contributed by atoms with Crippen LogP contribution >= 0.6 is 0 Å². The van der Waals surface area contributed by atoms with E-state index >= 15 is 0 Å². The highest BCUT2D eigenvalue weighted by atomic mass is 16.6. The fraction of sp³-hybridized carbons (Fsp3) is 0.368. The zero-order valence-electron chi connectivity index (χ0n) is 16.4. The Bertz CT molecular complexity index is 876. The first-order valence-corrected chi connectivity index (χ1v) is 8.90. The molecule has 0 saturated carbocycles. The molecular formula is C19H24N6O3. The lowest BCUT2D eigenvalue weighted by Gasteiger charge is -2.26. The summed E-state index contributed by atoms with van der Waals surface area (Å²) in [5.41, 5.74) is 1.96. The Balaban J connectivity index is 1.61. The summed E-state index contributed by atoms with van der Waals surface area (Å²) in [7, 11) is 1.71. The Morgan fingerprint density at radius 2 is 1.96 bits per heavy atom. The zero-order valence-corrected chi connectivity index (χ0v) is 16.4. The van der Waals surface area contributed by atoms with Gasteiger partial charge in [-0.05, 0) is 38.5 Å². The van der Waals surface area contributed by atoms with Gasteiger partial charge in [0.1, 0.15) is 23.6 Å². The lowest BCUT2D eigenvalue weighted by atomic mass is 10.2. The third-order valence-corrected chi connectivity index (χ3v) is 3.97. The SMILES string of the molecule is CN1Cc2c(NCc3ccc(NC(=O)OC(C)(C)C)cc3)ncnc2NC1=O. The molecule has 0 saturated heterocycles. The van der Waals surface area contributed by atoms with E-state index < -0.39 is 11.7 Å². The lowest BCUT2D eigenvalue weighted by molar-refractivity contribution is 0.0636. The normalized spacial score (nSPS) is 13.4. The van der Waals surface area contributed by atoms with Gasteiger partial charge in [-0.3, -0.25) is 10.6 Å². The molecule has 3 rings (SSSR count). The Morgan fingerprint density at radius 3 is 2.64 bits per heavy atom. The standard InChI is InChI=1S/C19H24N6O3/c1-19(2,3)28-18(27)23-13-7-5-12(6-8-13)9-20-15-14-10-25(4)17(26)24-16(14)22-11-21-15/h5-8,11H,9-10H2,1-4H3,(H,23,27)(H2,20,21,22,24,26). The first-order valence-electron chi connectivity index (χ1n) is 8.90. The van der Waals surface area contributed by atoms with Crippen LogP contribution in [0, 0.1) is 0 Å². The van der Waals surface area contributed by atoms with Crippen LogP contribution in [0.4, 0.5) is 26.9 Å². The van der Waals surface area contributed by atoms with E-state index in [2.05, 4.69) is 25.9 Å². The molecule has 1 aliphatic heterocycles. The first-order chi connectivity index (χ1) is 13.2. The quantitative estimate of drug-likeness (QED) is 0.745. The summed E-state index contributed by atoms with van der Waals surface area (Å²) in [6, 6.07) is 7.24. The molecule has 9 heteroatoms. The maximum Gasteiger partial charge on any atom is 0.412 e. The fourth-order valence-corrected chi connectivity index (χ4v) is 2.64. The first kappa shape index (κ1) is 19.4. The molecular weight excluding hydrogens is 360 g/mol. The van der Waals surface area contributed by atoms with Gasteiger partial charge in [0, 0.05) is 19.3 Å². The largest absolute Gasteiger partial charge is 0.444 e. The second-order valence-electron chi connectivity index (χ2n) is 7.51. The van der Waals surface area contributed by atoms with Crippen molar-refractivity contribution in [1.29, 1.82) is 0 Å². The van der Waals surface area contributed by atoms with Crippen molar-refractivity contribution in [3.8, 4) is 0 Å². The van der Waals surface area contributed by atoms with Crippen molar-refractivity contribution in [3.63, 3.8) is 0 Å². The van der Waals surface area contributed by atoms with Crippen molar-refractivity contribution < 1.29 is 14.3 Å². The average Bonchev–Trinajstić information content (AvgIpc) is 2.60. The van der Waals surface area contributed by atoms with E-state index in [1.54, 1.807) is 11.9 Å². The molecule has 2 heterocycles. The van der Waals surface area contributed by atoms with Gasteiger partial charge in [-0.2, -0.15) is 0 Å². The summed E-state index contributed by atoms with van der Waals surface area (Å²) in [5.74, 6) is 1.20. The number of ether oxygens (including phenoxy) is 1. The minimum atomic E-state index is -0.543. The Morgan fingerprint density at radius 1 is 1.25 bits per heavy atom. The summed E-state index contributed by atoms with van der Waals surface area (Å²) >= 11 is 0. The second-order valence-corrected chi connectivity index (χ2v) is 7.51. The summed E-state index contributed by atoms with van der Waals surface area (Å²) in [5, 5.41) is 8.71. The van der Waals surface area contributed by atoms with E-state index in [9.17, 15) is 9.59 Å². The molecule has 1 aliphatic rings. The molecule has 0 bridgehead atoms. The number of nitrogens with one attached hydrogen (secondary N) is 3. The molecule has 28 heavy (non-hydrogen) atoms. The molecule has 1 aromatic carbocycles. The minimum Gasteiger partial charge on any atom is -0.444 e. The fourth-order valence-electron chi connectivity index (χ4n) is 2.64. The number of nitrogens with zero attached hydrogens (tertiary/aromatic N) is 3. The van der Waals surface area contributed by atoms with Gasteiger partial charge in [-0.15, -0.1) is 0 Å². The number of hydrogen-bond donors (Lipinski definition) is 3. The van der Waals surface area contributed by atoms with Crippen LogP contribution < -0.4 is 16.0 Å². The number of benzene rings is 1. The van der Waals surface area contributed by atoms with E-state index in [0.29, 0.717) is 30.4 Å². The highest BCUT2D eigenvalue weighted by molar-refractivity contribution is 5.91. The number of amides is 3. The number of carbonyl (C=O) groups excluding carboxylic acids is 2. The number of rotatable bonds is 4. The summed E-state index contributed by atoms with van der Waals surface area (Å²) in [6.45, 7) is 6.42. The van der Waals surface area contributed by atoms with Crippen LogP contribution in [0.2, 0.25) is 0 Å². The van der Waals surface area contributed by atoms with Crippen LogP contribution in [-0.4, -0.2) is 39.6 Å². The van der Waals surface area contributed by atoms with E-state index in [0.717, 1.165) is 11.1 Å². The predicted molar refractivity (Wildman–Crippen MR) is 106 cm³/mol. The van der Waals surface area contributed by atoms with Crippen molar-refractivity contribution in [2.24, 2.45) is 0 Å². The molecule has 2 aromatic rings. The number of fused-ring (bicyclic) bond motifs is 1. The number of urea groups is 1. The third-order valence-electron chi connectivity index (χ3n) is 3.97. The van der Waals surface area contributed by atoms with Crippen molar-refractivity contribution in [2.45, 2.75) is 39.5 Å². The van der Waals surface area contributed by atoms with Gasteiger partial charge in [0.05, 0.1) is 12.1 Å². The Kier molecular flexibility index (Phi) is 5.34. The number of carbonyl (C=O) groups is 2. The molecule has 3 N–H and O–H groups in total. The second kappa shape index (κ2) is 7.71. The third kappa shape index (κ3) is 4.87. The monoisotopic (exact) mass is 384 g/mol. The van der Waals surface area contributed by atoms with E-state index in [1.807, 2.05) is 45.0 Å². The number of anilines is 3. The highest BCUT2D eigenvalue weighted by Crippen LogP contribution is 2.25. The molecule has 9 nitrogen and oxygen atoms in total. The van der Waals surface area contributed by atoms with Crippen LogP contribution in [0.15, 0.2) is 30.6 Å². The molecule has 0 radical (unpaired) electrons. The van der Waals surface area contributed by atoms with Gasteiger partial charge in [0.2, 0.25) is 0 Å². The molecule has 0 spiro atoms. The highest BCUT2D eigenvalue weighted by Gasteiger charge is 2.23. The number of aromatic nitrogens is 2. The van der Waals surface area contributed by atoms with Crippen molar-refractivity contribution >= 4 is 29.4 Å². The van der Waals surface area contributed by atoms with E-state index in [4.69, 9.17) is 4.74 Å². The average molecular weight is 384 g/mol. The Labute approximate surface area is 163 Å². The van der Waals surface area contributed by atoms with Crippen LogP contribution in [0.5, 0.6) is 0 Å². The summed E-state index contributed by atoms with van der Waals surface area (Å²) in [4.78, 5) is 33.5. The van der Waals surface area contributed by atoms with Crippen LogP contribution in [0.25, 0.3) is 0 Å². The van der Waals surface area contributed by atoms with Gasteiger partial charge in [-0.1, -0.05) is 12.1 Å². The van der Waals surface area contributed by atoms with Crippen molar-refractivity contribution in [2.75, 3.05) is 23.0 Å². The van der Waals surface area contributed by atoms with Gasteiger partial charge >= 0.3 is 12.1 Å². The molecule has 0 fully saturated rings. The number of hydrogen-bond acceptors (Lipinski definition) is 6. The predicted octanol–water partition coefficient (Wildman–Crippen LogP) is 3.41. The van der Waals surface area contributed by atoms with E-state index in [1.165, 1.54) is 6.33 Å². The van der Waals surface area contributed by atoms with Crippen LogP contribution in [0.1, 0.15) is 31.9 Å². The van der Waals surface area contributed by atoms with Gasteiger partial charge in [0.15, 0.2) is 0 Å². The molecule has 3 amide bonds. The molecule has 1 aromatic heterocycles. The summed E-state index contributed by atoms with van der Waals surface area (Å²) in [6.07, 6.45) is 0.929. The van der Waals surface area contributed by atoms with Crippen LogP contribution in [-0.2, 0) is 17.8 Å². The maximum atomic E-state index is 11.8. The zero-order chi connectivity index (χ0) is 20.3. The molecule has 0 atom stereocenters. The van der Waals surface area contributed by atoms with E-state index in [-0.39, 0.29) is 6.03 Å².